The van der Waals surface area contributed by atoms with E-state index in [1.165, 1.54) is 12.1 Å². The average molecular weight is 288 g/mol. The van der Waals surface area contributed by atoms with Crippen LogP contribution in [0, 0.1) is 10.1 Å². The van der Waals surface area contributed by atoms with Crippen molar-refractivity contribution in [3.8, 4) is 0 Å². The van der Waals surface area contributed by atoms with Gasteiger partial charge in [0.2, 0.25) is 0 Å². The first-order valence-corrected chi connectivity index (χ1v) is 6.33. The maximum atomic E-state index is 11.4. The van der Waals surface area contributed by atoms with Gasteiger partial charge in [0, 0.05) is 37.6 Å². The summed E-state index contributed by atoms with van der Waals surface area (Å²) < 4.78 is 2.00. The summed E-state index contributed by atoms with van der Waals surface area (Å²) in [6.45, 7) is 1.80. The molecule has 1 N–H and O–H groups in total. The number of aromatic nitrogens is 2. The van der Waals surface area contributed by atoms with Crippen molar-refractivity contribution in [3.05, 3.63) is 52.1 Å². The number of hydrogen-bond donors (Lipinski definition) is 1. The van der Waals surface area contributed by atoms with Crippen LogP contribution in [0.2, 0.25) is 0 Å². The van der Waals surface area contributed by atoms with E-state index in [-0.39, 0.29) is 11.3 Å². The number of rotatable bonds is 3. The average Bonchev–Trinajstić information content (AvgIpc) is 2.93. The molecule has 0 amide bonds. The van der Waals surface area contributed by atoms with E-state index < -0.39 is 10.9 Å². The molecule has 2 aromatic rings. The number of carbonyl (C=O) groups is 1. The minimum Gasteiger partial charge on any atom is -0.478 e. The minimum absolute atomic E-state index is 0.0655. The molecular formula is C13H12N4O4. The Morgan fingerprint density at radius 3 is 2.90 bits per heavy atom. The predicted molar refractivity (Wildman–Crippen MR) is 73.3 cm³/mol. The first-order chi connectivity index (χ1) is 10.1. The fourth-order valence-electron chi connectivity index (χ4n) is 2.46. The molecule has 2 heterocycles. The molecule has 1 aromatic heterocycles. The van der Waals surface area contributed by atoms with Crippen molar-refractivity contribution in [1.29, 1.82) is 0 Å². The van der Waals surface area contributed by atoms with Crippen molar-refractivity contribution in [2.24, 2.45) is 0 Å². The van der Waals surface area contributed by atoms with Crippen LogP contribution < -0.4 is 4.90 Å². The summed E-state index contributed by atoms with van der Waals surface area (Å²) in [6, 6.07) is 3.90. The van der Waals surface area contributed by atoms with Gasteiger partial charge in [0.1, 0.15) is 5.82 Å². The highest BCUT2D eigenvalue weighted by atomic mass is 16.6. The molecule has 0 saturated heterocycles. The quantitative estimate of drug-likeness (QED) is 0.678. The number of carboxylic acid groups (broad SMARTS) is 1. The van der Waals surface area contributed by atoms with Crippen LogP contribution in [0.4, 0.5) is 11.4 Å². The van der Waals surface area contributed by atoms with Crippen LogP contribution in [0.5, 0.6) is 0 Å². The van der Waals surface area contributed by atoms with Crippen molar-refractivity contribution in [1.82, 2.24) is 9.55 Å². The Bertz CT molecular complexity index is 725. The van der Waals surface area contributed by atoms with E-state index in [0.29, 0.717) is 25.3 Å². The topological polar surface area (TPSA) is 101 Å². The van der Waals surface area contributed by atoms with E-state index >= 15 is 0 Å². The smallest absolute Gasteiger partial charge is 0.338 e. The van der Waals surface area contributed by atoms with Gasteiger partial charge in [-0.15, -0.1) is 0 Å². The number of imidazole rings is 1. The van der Waals surface area contributed by atoms with Gasteiger partial charge in [-0.05, 0) is 6.07 Å². The Labute approximate surface area is 119 Å². The minimum atomic E-state index is -1.18. The van der Waals surface area contributed by atoms with Gasteiger partial charge >= 0.3 is 5.97 Å². The Balaban J connectivity index is 1.99. The van der Waals surface area contributed by atoms with Crippen LogP contribution in [0.3, 0.4) is 0 Å². The van der Waals surface area contributed by atoms with E-state index in [4.69, 9.17) is 0 Å². The van der Waals surface area contributed by atoms with E-state index in [2.05, 4.69) is 4.98 Å². The third-order valence-corrected chi connectivity index (χ3v) is 3.51. The van der Waals surface area contributed by atoms with E-state index in [1.54, 1.807) is 6.20 Å². The van der Waals surface area contributed by atoms with E-state index in [9.17, 15) is 20.0 Å². The van der Waals surface area contributed by atoms with Crippen molar-refractivity contribution >= 4 is 17.3 Å². The van der Waals surface area contributed by atoms with Crippen molar-refractivity contribution in [2.45, 2.75) is 13.1 Å². The molecule has 0 aliphatic carbocycles. The van der Waals surface area contributed by atoms with Crippen LogP contribution in [0.25, 0.3) is 0 Å². The number of nitrogens with zero attached hydrogens (tertiary/aromatic N) is 4. The highest BCUT2D eigenvalue weighted by Crippen LogP contribution is 2.28. The molecule has 8 heteroatoms. The second-order valence-electron chi connectivity index (χ2n) is 4.72. The van der Waals surface area contributed by atoms with Gasteiger partial charge in [-0.1, -0.05) is 0 Å². The molecule has 0 unspecified atom stereocenters. The number of benzene rings is 1. The molecule has 0 bridgehead atoms. The van der Waals surface area contributed by atoms with Gasteiger partial charge in [0.25, 0.3) is 5.69 Å². The number of nitro benzene ring substituents is 1. The number of hydrogen-bond acceptors (Lipinski definition) is 5. The maximum absolute atomic E-state index is 11.4. The molecule has 1 aromatic carbocycles. The van der Waals surface area contributed by atoms with Crippen LogP contribution in [0.1, 0.15) is 16.2 Å². The molecule has 3 rings (SSSR count). The van der Waals surface area contributed by atoms with Crippen LogP contribution in [0.15, 0.2) is 30.6 Å². The molecular weight excluding hydrogens is 276 g/mol. The largest absolute Gasteiger partial charge is 0.478 e. The summed E-state index contributed by atoms with van der Waals surface area (Å²) in [5.41, 5.74) is 0.182. The predicted octanol–water partition coefficient (Wildman–Crippen LogP) is 1.51. The van der Waals surface area contributed by atoms with Crippen LogP contribution in [-0.2, 0) is 13.1 Å². The lowest BCUT2D eigenvalue weighted by Crippen LogP contribution is -2.34. The fourth-order valence-corrected chi connectivity index (χ4v) is 2.46. The number of aromatic carboxylic acids is 1. The summed E-state index contributed by atoms with van der Waals surface area (Å²) >= 11 is 0. The Morgan fingerprint density at radius 2 is 2.19 bits per heavy atom. The Kier molecular flexibility index (Phi) is 3.05. The lowest BCUT2D eigenvalue weighted by molar-refractivity contribution is -0.384. The number of nitro groups is 1. The van der Waals surface area contributed by atoms with Crippen molar-refractivity contribution < 1.29 is 14.8 Å². The summed E-state index contributed by atoms with van der Waals surface area (Å²) in [4.78, 5) is 27.6. The molecule has 1 aliphatic heterocycles. The molecule has 0 spiro atoms. The normalized spacial score (nSPS) is 13.8. The summed E-state index contributed by atoms with van der Waals surface area (Å²) in [5, 5.41) is 20.1. The Morgan fingerprint density at radius 1 is 1.38 bits per heavy atom. The van der Waals surface area contributed by atoms with Gasteiger partial charge < -0.3 is 14.6 Å². The SMILES string of the molecule is O=C(O)c1cc([N+](=O)[O-])ccc1N1CCn2ccnc2C1. The lowest BCUT2D eigenvalue weighted by atomic mass is 10.1. The molecule has 108 valence electrons. The third-order valence-electron chi connectivity index (χ3n) is 3.51. The fraction of sp³-hybridized carbons (Fsp3) is 0.231. The van der Waals surface area contributed by atoms with Crippen LogP contribution in [-0.4, -0.2) is 32.1 Å². The van der Waals surface area contributed by atoms with Crippen molar-refractivity contribution in [2.75, 3.05) is 11.4 Å². The van der Waals surface area contributed by atoms with E-state index in [0.717, 1.165) is 11.9 Å². The first-order valence-electron chi connectivity index (χ1n) is 6.33. The number of anilines is 1. The molecule has 8 nitrogen and oxygen atoms in total. The highest BCUT2D eigenvalue weighted by molar-refractivity contribution is 5.95. The second kappa shape index (κ2) is 4.89. The number of non-ortho nitro benzene ring substituents is 1. The monoisotopic (exact) mass is 288 g/mol. The first kappa shape index (κ1) is 13.1. The zero-order chi connectivity index (χ0) is 15.0. The molecule has 0 saturated carbocycles. The molecule has 0 radical (unpaired) electrons. The standard InChI is InChI=1S/C13H12N4O4/c18-13(19)10-7-9(17(20)21)1-2-11(10)16-6-5-15-4-3-14-12(15)8-16/h1-4,7H,5-6,8H2,(H,18,19). The zero-order valence-electron chi connectivity index (χ0n) is 11.0. The van der Waals surface area contributed by atoms with E-state index in [1.807, 2.05) is 15.7 Å². The lowest BCUT2D eigenvalue weighted by Gasteiger charge is -2.30. The maximum Gasteiger partial charge on any atom is 0.338 e. The summed E-state index contributed by atoms with van der Waals surface area (Å²) in [5.74, 6) is -0.335. The Hall–Kier alpha value is -2.90. The molecule has 0 atom stereocenters. The van der Waals surface area contributed by atoms with Gasteiger partial charge in [0.15, 0.2) is 0 Å². The zero-order valence-corrected chi connectivity index (χ0v) is 11.0. The van der Waals surface area contributed by atoms with Gasteiger partial charge in [0.05, 0.1) is 22.7 Å². The molecule has 0 fully saturated rings. The highest BCUT2D eigenvalue weighted by Gasteiger charge is 2.23. The second-order valence-corrected chi connectivity index (χ2v) is 4.72. The third kappa shape index (κ3) is 2.31. The molecule has 21 heavy (non-hydrogen) atoms. The van der Waals surface area contributed by atoms with Crippen LogP contribution >= 0.6 is 0 Å². The van der Waals surface area contributed by atoms with Gasteiger partial charge in [-0.25, -0.2) is 9.78 Å². The van der Waals surface area contributed by atoms with Gasteiger partial charge in [-0.3, -0.25) is 10.1 Å². The van der Waals surface area contributed by atoms with Gasteiger partial charge in [-0.2, -0.15) is 0 Å². The summed E-state index contributed by atoms with van der Waals surface area (Å²) in [7, 11) is 0. The summed E-state index contributed by atoms with van der Waals surface area (Å²) in [6.07, 6.45) is 3.58. The molecule has 1 aliphatic rings. The van der Waals surface area contributed by atoms with Crippen molar-refractivity contribution in [3.63, 3.8) is 0 Å². The number of fused-ring (bicyclic) bond motifs is 1. The number of carboxylic acids is 1.